The Morgan fingerprint density at radius 1 is 1.22 bits per heavy atom. The highest BCUT2D eigenvalue weighted by molar-refractivity contribution is 5.33. The molecule has 2 atom stereocenters. The molecule has 2 aliphatic rings. The second-order valence-electron chi connectivity index (χ2n) is 7.48. The number of non-ortho nitro benzene ring substituents is 1. The second kappa shape index (κ2) is 7.41. The van der Waals surface area contributed by atoms with Crippen LogP contribution in [-0.2, 0) is 6.54 Å². The first kappa shape index (κ1) is 16.4. The molecular weight excluding hydrogens is 290 g/mol. The van der Waals surface area contributed by atoms with Crippen LogP contribution in [0.1, 0.15) is 38.2 Å². The summed E-state index contributed by atoms with van der Waals surface area (Å²) in [6.07, 6.45) is 5.61. The molecule has 1 aliphatic carbocycles. The van der Waals surface area contributed by atoms with E-state index in [-0.39, 0.29) is 10.6 Å². The number of nitro groups is 1. The van der Waals surface area contributed by atoms with E-state index in [9.17, 15) is 10.1 Å². The molecule has 126 valence electrons. The molecule has 0 bridgehead atoms. The second-order valence-corrected chi connectivity index (χ2v) is 7.48. The van der Waals surface area contributed by atoms with Crippen LogP contribution in [0.2, 0.25) is 0 Å². The largest absolute Gasteiger partial charge is 0.323 e. The lowest BCUT2D eigenvalue weighted by Gasteiger charge is -2.37. The fraction of sp³-hybridized carbons (Fsp3) is 0.667. The standard InChI is InChI=1S/C18H27N3O2/c1-15-4-2-6-17(12-15)20-10-8-19(9-11-20)14-16-5-3-7-18(13-16)21(22)23/h3,5,7,13,15,17H,2,4,6,8-12,14H2,1H3/p+2/t15-,17+/m1/s1. The van der Waals surface area contributed by atoms with Crippen molar-refractivity contribution in [1.82, 2.24) is 0 Å². The normalized spacial score (nSPS) is 31.7. The zero-order valence-corrected chi connectivity index (χ0v) is 14.1. The molecule has 23 heavy (non-hydrogen) atoms. The number of nitro benzene ring substituents is 1. The van der Waals surface area contributed by atoms with Gasteiger partial charge < -0.3 is 9.80 Å². The topological polar surface area (TPSA) is 52.0 Å². The molecule has 5 nitrogen and oxygen atoms in total. The first-order chi connectivity index (χ1) is 11.1. The number of quaternary nitrogens is 2. The van der Waals surface area contributed by atoms with Gasteiger partial charge in [-0.3, -0.25) is 10.1 Å². The predicted molar refractivity (Wildman–Crippen MR) is 89.6 cm³/mol. The van der Waals surface area contributed by atoms with Crippen LogP contribution in [-0.4, -0.2) is 37.1 Å². The number of hydrogen-bond donors (Lipinski definition) is 2. The van der Waals surface area contributed by atoms with Gasteiger partial charge in [0.15, 0.2) is 0 Å². The third-order valence-corrected chi connectivity index (χ3v) is 5.69. The number of benzene rings is 1. The first-order valence-corrected chi connectivity index (χ1v) is 9.03. The van der Waals surface area contributed by atoms with Crippen LogP contribution in [0.5, 0.6) is 0 Å². The smallest absolute Gasteiger partial charge is 0.269 e. The maximum Gasteiger partial charge on any atom is 0.269 e. The molecular formula is C18H29N3O2+2. The van der Waals surface area contributed by atoms with Gasteiger partial charge in [0, 0.05) is 24.1 Å². The molecule has 0 radical (unpaired) electrons. The zero-order chi connectivity index (χ0) is 16.2. The summed E-state index contributed by atoms with van der Waals surface area (Å²) in [6.45, 7) is 8.18. The SMILES string of the molecule is C[C@@H]1CCC[C@H]([NH+]2CC[NH+](Cc3cccc([N+](=O)[O-])c3)CC2)C1. The van der Waals surface area contributed by atoms with E-state index in [1.807, 2.05) is 6.07 Å². The van der Waals surface area contributed by atoms with Crippen LogP contribution in [0.25, 0.3) is 0 Å². The first-order valence-electron chi connectivity index (χ1n) is 9.03. The van der Waals surface area contributed by atoms with Crippen molar-refractivity contribution < 1.29 is 14.7 Å². The highest BCUT2D eigenvalue weighted by Gasteiger charge is 2.32. The maximum absolute atomic E-state index is 10.9. The van der Waals surface area contributed by atoms with Gasteiger partial charge in [-0.15, -0.1) is 0 Å². The van der Waals surface area contributed by atoms with Gasteiger partial charge in [-0.25, -0.2) is 0 Å². The summed E-state index contributed by atoms with van der Waals surface area (Å²) in [5, 5.41) is 10.9. The summed E-state index contributed by atoms with van der Waals surface area (Å²) in [5.74, 6) is 0.900. The van der Waals surface area contributed by atoms with E-state index >= 15 is 0 Å². The molecule has 1 saturated carbocycles. The summed E-state index contributed by atoms with van der Waals surface area (Å²) >= 11 is 0. The molecule has 5 heteroatoms. The van der Waals surface area contributed by atoms with E-state index < -0.39 is 0 Å². The van der Waals surface area contributed by atoms with E-state index in [2.05, 4.69) is 6.92 Å². The van der Waals surface area contributed by atoms with Crippen molar-refractivity contribution in [2.75, 3.05) is 26.2 Å². The van der Waals surface area contributed by atoms with Crippen molar-refractivity contribution in [2.45, 2.75) is 45.2 Å². The van der Waals surface area contributed by atoms with E-state index in [0.29, 0.717) is 0 Å². The van der Waals surface area contributed by atoms with Crippen LogP contribution < -0.4 is 9.80 Å². The minimum atomic E-state index is -0.300. The zero-order valence-electron chi connectivity index (χ0n) is 14.1. The van der Waals surface area contributed by atoms with Gasteiger partial charge in [0.25, 0.3) is 5.69 Å². The van der Waals surface area contributed by atoms with Gasteiger partial charge in [0.1, 0.15) is 32.7 Å². The number of piperazine rings is 1. The van der Waals surface area contributed by atoms with E-state index in [1.165, 1.54) is 51.9 Å². The van der Waals surface area contributed by atoms with Gasteiger partial charge >= 0.3 is 0 Å². The highest BCUT2D eigenvalue weighted by atomic mass is 16.6. The lowest BCUT2D eigenvalue weighted by atomic mass is 9.86. The maximum atomic E-state index is 10.9. The lowest BCUT2D eigenvalue weighted by Crippen LogP contribution is -3.29. The molecule has 0 aromatic heterocycles. The molecule has 1 aliphatic heterocycles. The molecule has 1 saturated heterocycles. The van der Waals surface area contributed by atoms with Crippen molar-refractivity contribution in [3.05, 3.63) is 39.9 Å². The lowest BCUT2D eigenvalue weighted by molar-refractivity contribution is -1.03. The van der Waals surface area contributed by atoms with Gasteiger partial charge in [0.2, 0.25) is 0 Å². The van der Waals surface area contributed by atoms with Crippen molar-refractivity contribution in [3.63, 3.8) is 0 Å². The van der Waals surface area contributed by atoms with Crippen LogP contribution in [0.3, 0.4) is 0 Å². The van der Waals surface area contributed by atoms with Crippen LogP contribution in [0.4, 0.5) is 5.69 Å². The molecule has 1 aromatic carbocycles. The Kier molecular flexibility index (Phi) is 5.28. The van der Waals surface area contributed by atoms with E-state index in [0.717, 1.165) is 24.1 Å². The fourth-order valence-corrected chi connectivity index (χ4v) is 4.38. The Labute approximate surface area is 138 Å². The summed E-state index contributed by atoms with van der Waals surface area (Å²) in [4.78, 5) is 14.0. The van der Waals surface area contributed by atoms with Gasteiger partial charge in [-0.2, -0.15) is 0 Å². The summed E-state index contributed by atoms with van der Waals surface area (Å²) in [5.41, 5.74) is 1.30. The molecule has 1 aromatic rings. The average molecular weight is 319 g/mol. The molecule has 0 spiro atoms. The third-order valence-electron chi connectivity index (χ3n) is 5.69. The minimum absolute atomic E-state index is 0.211. The Bertz CT molecular complexity index is 541. The quantitative estimate of drug-likeness (QED) is 0.626. The number of nitrogens with zero attached hydrogens (tertiary/aromatic N) is 1. The molecule has 0 amide bonds. The molecule has 2 N–H and O–H groups in total. The predicted octanol–water partition coefficient (Wildman–Crippen LogP) is 0.457. The number of rotatable bonds is 4. The Morgan fingerprint density at radius 2 is 2.00 bits per heavy atom. The van der Waals surface area contributed by atoms with Crippen LogP contribution in [0.15, 0.2) is 24.3 Å². The van der Waals surface area contributed by atoms with Crippen LogP contribution >= 0.6 is 0 Å². The molecule has 1 heterocycles. The molecule has 3 rings (SSSR count). The monoisotopic (exact) mass is 319 g/mol. The third kappa shape index (κ3) is 4.30. The summed E-state index contributed by atoms with van der Waals surface area (Å²) < 4.78 is 0. The van der Waals surface area contributed by atoms with Gasteiger partial charge in [-0.1, -0.05) is 25.5 Å². The van der Waals surface area contributed by atoms with Crippen molar-refractivity contribution in [3.8, 4) is 0 Å². The Morgan fingerprint density at radius 3 is 2.70 bits per heavy atom. The Balaban J connectivity index is 1.51. The van der Waals surface area contributed by atoms with Gasteiger partial charge in [0.05, 0.1) is 11.0 Å². The summed E-state index contributed by atoms with van der Waals surface area (Å²) in [7, 11) is 0. The van der Waals surface area contributed by atoms with Crippen molar-refractivity contribution in [2.24, 2.45) is 5.92 Å². The number of hydrogen-bond acceptors (Lipinski definition) is 2. The molecule has 2 fully saturated rings. The number of nitrogens with one attached hydrogen (secondary N) is 2. The van der Waals surface area contributed by atoms with Crippen molar-refractivity contribution >= 4 is 5.69 Å². The van der Waals surface area contributed by atoms with Crippen LogP contribution in [0, 0.1) is 16.0 Å². The molecule has 0 unspecified atom stereocenters. The summed E-state index contributed by atoms with van der Waals surface area (Å²) in [6, 6.07) is 8.00. The van der Waals surface area contributed by atoms with E-state index in [1.54, 1.807) is 28.0 Å². The fourth-order valence-electron chi connectivity index (χ4n) is 4.38. The van der Waals surface area contributed by atoms with Gasteiger partial charge in [-0.05, 0) is 18.8 Å². The minimum Gasteiger partial charge on any atom is -0.323 e. The van der Waals surface area contributed by atoms with E-state index in [4.69, 9.17) is 0 Å². The average Bonchev–Trinajstić information content (AvgIpc) is 2.56. The Hall–Kier alpha value is -1.46. The highest BCUT2D eigenvalue weighted by Crippen LogP contribution is 2.21. The van der Waals surface area contributed by atoms with Crippen molar-refractivity contribution in [1.29, 1.82) is 0 Å².